The fourth-order valence-electron chi connectivity index (χ4n) is 3.30. The molecule has 0 spiro atoms. The van der Waals surface area contributed by atoms with Crippen LogP contribution >= 0.6 is 0 Å². The first-order valence-electron chi connectivity index (χ1n) is 11.9. The van der Waals surface area contributed by atoms with E-state index in [0.717, 1.165) is 29.5 Å². The van der Waals surface area contributed by atoms with Crippen molar-refractivity contribution in [1.29, 1.82) is 0 Å². The van der Waals surface area contributed by atoms with E-state index in [0.29, 0.717) is 35.9 Å². The molecular weight excluding hydrogens is 448 g/mol. The van der Waals surface area contributed by atoms with Crippen LogP contribution in [0.4, 0.5) is 0 Å². The number of allylic oxidation sites excluding steroid dienone is 8. The zero-order chi connectivity index (χ0) is 26.8. The summed E-state index contributed by atoms with van der Waals surface area (Å²) in [6.07, 6.45) is 15.6. The number of nitrogens with two attached hydrogens (primary N) is 2. The van der Waals surface area contributed by atoms with Crippen LogP contribution in [0.5, 0.6) is 0 Å². The van der Waals surface area contributed by atoms with Gasteiger partial charge in [0.1, 0.15) is 11.7 Å². The molecule has 36 heavy (non-hydrogen) atoms. The Labute approximate surface area is 215 Å². The van der Waals surface area contributed by atoms with E-state index < -0.39 is 0 Å². The van der Waals surface area contributed by atoms with E-state index in [2.05, 4.69) is 61.4 Å². The number of nitrogens with zero attached hydrogens (tertiary/aromatic N) is 2. The Morgan fingerprint density at radius 2 is 1.94 bits per heavy atom. The second-order valence-electron chi connectivity index (χ2n) is 7.97. The third-order valence-corrected chi connectivity index (χ3v) is 5.36. The first kappa shape index (κ1) is 30.0. The third-order valence-electron chi connectivity index (χ3n) is 5.36. The van der Waals surface area contributed by atoms with Gasteiger partial charge in [0.15, 0.2) is 0 Å². The highest BCUT2D eigenvalue weighted by atomic mass is 16.5. The maximum Gasteiger partial charge on any atom is 0.216 e. The Bertz CT molecular complexity index is 1100. The summed E-state index contributed by atoms with van der Waals surface area (Å²) in [4.78, 5) is 19.0. The van der Waals surface area contributed by atoms with Crippen molar-refractivity contribution >= 4 is 24.1 Å². The highest BCUT2D eigenvalue weighted by molar-refractivity contribution is 5.90. The van der Waals surface area contributed by atoms with E-state index >= 15 is 0 Å². The van der Waals surface area contributed by atoms with Gasteiger partial charge < -0.3 is 16.2 Å². The normalized spacial score (nSPS) is 14.4. The third kappa shape index (κ3) is 10.5. The fourth-order valence-corrected chi connectivity index (χ4v) is 3.30. The molecule has 6 heteroatoms. The molecule has 190 valence electrons. The lowest BCUT2D eigenvalue weighted by Gasteiger charge is -2.20. The Kier molecular flexibility index (Phi) is 14.6. The molecule has 1 unspecified atom stereocenters. The summed E-state index contributed by atoms with van der Waals surface area (Å²) in [5.74, 6) is 2.86. The predicted molar refractivity (Wildman–Crippen MR) is 153 cm³/mol. The Morgan fingerprint density at radius 1 is 1.22 bits per heavy atom. The average molecular weight is 487 g/mol. The maximum atomic E-state index is 11.1. The molecule has 0 fully saturated rings. The maximum absolute atomic E-state index is 11.1. The minimum Gasteiger partial charge on any atom is -0.439 e. The summed E-state index contributed by atoms with van der Waals surface area (Å²) in [6.45, 7) is 12.0. The van der Waals surface area contributed by atoms with Crippen molar-refractivity contribution in [1.82, 2.24) is 0 Å². The van der Waals surface area contributed by atoms with Crippen molar-refractivity contribution < 1.29 is 9.53 Å². The monoisotopic (exact) mass is 486 g/mol. The highest BCUT2D eigenvalue weighted by Gasteiger charge is 2.18. The van der Waals surface area contributed by atoms with Crippen LogP contribution in [0.1, 0.15) is 37.8 Å². The summed E-state index contributed by atoms with van der Waals surface area (Å²) < 4.78 is 6.33. The number of hydrogen-bond acceptors (Lipinski definition) is 6. The minimum atomic E-state index is 0.149. The van der Waals surface area contributed by atoms with Crippen LogP contribution in [-0.4, -0.2) is 32.1 Å². The lowest BCUT2D eigenvalue weighted by Crippen LogP contribution is -2.10. The molecule has 1 aromatic rings. The first-order valence-corrected chi connectivity index (χ1v) is 11.9. The lowest BCUT2D eigenvalue weighted by atomic mass is 9.89. The van der Waals surface area contributed by atoms with Crippen molar-refractivity contribution in [3.05, 3.63) is 108 Å². The lowest BCUT2D eigenvalue weighted by molar-refractivity contribution is 0.433. The van der Waals surface area contributed by atoms with Gasteiger partial charge in [0.05, 0.1) is 0 Å². The van der Waals surface area contributed by atoms with E-state index in [-0.39, 0.29) is 5.92 Å². The SMILES string of the molecule is C=C/C(C=C=O)=C\C(OC(C=C(N)C/C=C\C=C/N=C)=NC)=C(\c1ccc(CCN)cc1)C(C)CC. The van der Waals surface area contributed by atoms with Crippen molar-refractivity contribution in [2.24, 2.45) is 27.4 Å². The van der Waals surface area contributed by atoms with Crippen LogP contribution in [0.25, 0.3) is 5.57 Å². The summed E-state index contributed by atoms with van der Waals surface area (Å²) >= 11 is 0. The molecule has 0 heterocycles. The topological polar surface area (TPSA) is 103 Å². The van der Waals surface area contributed by atoms with Crippen molar-refractivity contribution in [3.8, 4) is 0 Å². The largest absolute Gasteiger partial charge is 0.439 e. The fraction of sp³-hybridized carbons (Fsp3) is 0.267. The number of rotatable bonds is 14. The summed E-state index contributed by atoms with van der Waals surface area (Å²) in [5.41, 5.74) is 16.2. The zero-order valence-corrected chi connectivity index (χ0v) is 21.6. The van der Waals surface area contributed by atoms with E-state index in [1.165, 1.54) is 6.08 Å². The Balaban J connectivity index is 3.59. The van der Waals surface area contributed by atoms with Gasteiger partial charge in [-0.15, -0.1) is 0 Å². The van der Waals surface area contributed by atoms with Crippen LogP contribution in [0, 0.1) is 5.92 Å². The van der Waals surface area contributed by atoms with Crippen LogP contribution in [0.2, 0.25) is 0 Å². The van der Waals surface area contributed by atoms with Gasteiger partial charge in [-0.3, -0.25) is 9.98 Å². The number of benzene rings is 1. The molecule has 1 aromatic carbocycles. The van der Waals surface area contributed by atoms with Gasteiger partial charge in [-0.25, -0.2) is 4.79 Å². The molecule has 6 nitrogen and oxygen atoms in total. The number of hydrogen-bond donors (Lipinski definition) is 2. The molecule has 1 rings (SSSR count). The van der Waals surface area contributed by atoms with E-state index in [1.54, 1.807) is 37.6 Å². The quantitative estimate of drug-likeness (QED) is 0.119. The molecule has 0 amide bonds. The standard InChI is InChI=1S/C30H38N4O2/c1-6-23(3)30(26-14-12-25(13-15-26)16-18-31)28(21-24(7-2)17-20-35)36-29(34-5)22-27(32)11-9-8-10-19-33-4/h7-10,12-15,17,19,21-23H,2,4,6,11,16,18,31-32H2,1,3,5H3/b9-8-,19-10-,24-21+,27-22?,30-28-,34-29?. The first-order chi connectivity index (χ1) is 17.4. The molecule has 0 radical (unpaired) electrons. The van der Waals surface area contributed by atoms with Gasteiger partial charge in [0.2, 0.25) is 5.90 Å². The smallest absolute Gasteiger partial charge is 0.216 e. The second kappa shape index (κ2) is 17.4. The molecule has 4 N–H and O–H groups in total. The van der Waals surface area contributed by atoms with E-state index in [9.17, 15) is 4.79 Å². The van der Waals surface area contributed by atoms with Gasteiger partial charge in [0, 0.05) is 43.1 Å². The van der Waals surface area contributed by atoms with Crippen molar-refractivity contribution in [2.45, 2.75) is 33.1 Å². The highest BCUT2D eigenvalue weighted by Crippen LogP contribution is 2.32. The van der Waals surface area contributed by atoms with Gasteiger partial charge in [0.25, 0.3) is 0 Å². The molecule has 0 aliphatic carbocycles. The summed E-state index contributed by atoms with van der Waals surface area (Å²) in [7, 11) is 1.64. The van der Waals surface area contributed by atoms with E-state index in [4.69, 9.17) is 16.2 Å². The van der Waals surface area contributed by atoms with Crippen LogP contribution in [0.15, 0.2) is 107 Å². The zero-order valence-electron chi connectivity index (χ0n) is 21.6. The molecule has 0 saturated carbocycles. The molecular formula is C30H38N4O2. The summed E-state index contributed by atoms with van der Waals surface area (Å²) in [5, 5.41) is 0. The van der Waals surface area contributed by atoms with Crippen LogP contribution in [0.3, 0.4) is 0 Å². The average Bonchev–Trinajstić information content (AvgIpc) is 2.88. The van der Waals surface area contributed by atoms with Crippen molar-refractivity contribution in [2.75, 3.05) is 13.6 Å². The minimum absolute atomic E-state index is 0.149. The molecule has 1 atom stereocenters. The van der Waals surface area contributed by atoms with Gasteiger partial charge in [-0.1, -0.05) is 62.9 Å². The second-order valence-corrected chi connectivity index (χ2v) is 7.97. The van der Waals surface area contributed by atoms with E-state index in [1.807, 2.05) is 18.1 Å². The molecule has 0 aliphatic heterocycles. The van der Waals surface area contributed by atoms with Crippen LogP contribution < -0.4 is 11.5 Å². The summed E-state index contributed by atoms with van der Waals surface area (Å²) in [6, 6.07) is 8.27. The number of carbonyl (C=O) groups excluding carboxylic acids is 1. The Hall–Kier alpha value is -3.99. The molecule has 0 aliphatic rings. The van der Waals surface area contributed by atoms with Gasteiger partial charge in [-0.05, 0) is 60.9 Å². The molecule has 0 bridgehead atoms. The predicted octanol–water partition coefficient (Wildman–Crippen LogP) is 5.49. The van der Waals surface area contributed by atoms with Gasteiger partial charge >= 0.3 is 0 Å². The Morgan fingerprint density at radius 3 is 2.50 bits per heavy atom. The van der Waals surface area contributed by atoms with Crippen LogP contribution in [-0.2, 0) is 16.0 Å². The number of ether oxygens (including phenoxy) is 1. The molecule has 0 aromatic heterocycles. The number of aliphatic imine (C=N–C) groups is 2. The van der Waals surface area contributed by atoms with Gasteiger partial charge in [-0.2, -0.15) is 0 Å². The van der Waals surface area contributed by atoms with Crippen molar-refractivity contribution in [3.63, 3.8) is 0 Å². The molecule has 0 saturated heterocycles.